The molecule has 0 saturated heterocycles. The van der Waals surface area contributed by atoms with Gasteiger partial charge in [0, 0.05) is 0 Å². The van der Waals surface area contributed by atoms with Crippen LogP contribution in [0.15, 0.2) is 42.5 Å². The van der Waals surface area contributed by atoms with Crippen molar-refractivity contribution in [2.75, 3.05) is 5.32 Å². The van der Waals surface area contributed by atoms with E-state index >= 15 is 0 Å². The first kappa shape index (κ1) is 17.8. The molecule has 1 aliphatic carbocycles. The SMILES string of the molecule is NC(=O)c1cc(NC(=O)C2(Cc3ccccc3)CCC2)c(Cl)cc1Cl. The first-order valence-electron chi connectivity index (χ1n) is 8.05. The van der Waals surface area contributed by atoms with Crippen LogP contribution < -0.4 is 11.1 Å². The van der Waals surface area contributed by atoms with Gasteiger partial charge in [-0.1, -0.05) is 60.0 Å². The fourth-order valence-electron chi connectivity index (χ4n) is 3.16. The van der Waals surface area contributed by atoms with E-state index in [2.05, 4.69) is 5.32 Å². The van der Waals surface area contributed by atoms with Crippen molar-refractivity contribution in [2.45, 2.75) is 25.7 Å². The maximum Gasteiger partial charge on any atom is 0.250 e. The molecule has 3 N–H and O–H groups in total. The molecule has 0 spiro atoms. The predicted octanol–water partition coefficient (Wildman–Crippen LogP) is 4.44. The highest BCUT2D eigenvalue weighted by molar-refractivity contribution is 6.38. The Labute approximate surface area is 156 Å². The summed E-state index contributed by atoms with van der Waals surface area (Å²) in [5.74, 6) is -0.762. The zero-order valence-corrected chi connectivity index (χ0v) is 15.0. The molecule has 2 aromatic carbocycles. The van der Waals surface area contributed by atoms with Crippen LogP contribution in [0.4, 0.5) is 5.69 Å². The van der Waals surface area contributed by atoms with Crippen molar-refractivity contribution in [1.82, 2.24) is 0 Å². The minimum Gasteiger partial charge on any atom is -0.366 e. The van der Waals surface area contributed by atoms with E-state index < -0.39 is 11.3 Å². The highest BCUT2D eigenvalue weighted by Crippen LogP contribution is 2.45. The van der Waals surface area contributed by atoms with Gasteiger partial charge in [0.2, 0.25) is 11.8 Å². The Morgan fingerprint density at radius 1 is 1.08 bits per heavy atom. The van der Waals surface area contributed by atoms with Crippen molar-refractivity contribution in [3.63, 3.8) is 0 Å². The second-order valence-electron chi connectivity index (χ2n) is 6.43. The minimum atomic E-state index is -0.667. The van der Waals surface area contributed by atoms with Crippen LogP contribution >= 0.6 is 23.2 Å². The number of carbonyl (C=O) groups excluding carboxylic acids is 2. The lowest BCUT2D eigenvalue weighted by Crippen LogP contribution is -2.43. The number of hydrogen-bond acceptors (Lipinski definition) is 2. The molecule has 130 valence electrons. The quantitative estimate of drug-likeness (QED) is 0.808. The summed E-state index contributed by atoms with van der Waals surface area (Å²) in [6.45, 7) is 0. The summed E-state index contributed by atoms with van der Waals surface area (Å²) in [5.41, 5.74) is 6.47. The highest BCUT2D eigenvalue weighted by atomic mass is 35.5. The number of nitrogens with two attached hydrogens (primary N) is 1. The Kier molecular flexibility index (Phi) is 5.02. The number of halogens is 2. The standard InChI is InChI=1S/C19H18Cl2N2O2/c20-14-10-15(21)16(9-13(14)17(22)24)23-18(25)19(7-4-8-19)11-12-5-2-1-3-6-12/h1-3,5-6,9-10H,4,7-8,11H2,(H2,22,24)(H,23,25). The smallest absolute Gasteiger partial charge is 0.250 e. The van der Waals surface area contributed by atoms with E-state index in [0.717, 1.165) is 24.8 Å². The van der Waals surface area contributed by atoms with Crippen molar-refractivity contribution in [1.29, 1.82) is 0 Å². The third kappa shape index (κ3) is 3.65. The normalized spacial score (nSPS) is 15.3. The Morgan fingerprint density at radius 3 is 2.32 bits per heavy atom. The van der Waals surface area contributed by atoms with E-state index in [1.54, 1.807) is 0 Å². The van der Waals surface area contributed by atoms with Crippen molar-refractivity contribution < 1.29 is 9.59 Å². The van der Waals surface area contributed by atoms with Crippen LogP contribution in [0.25, 0.3) is 0 Å². The van der Waals surface area contributed by atoms with Gasteiger partial charge in [-0.2, -0.15) is 0 Å². The number of hydrogen-bond donors (Lipinski definition) is 2. The van der Waals surface area contributed by atoms with Gasteiger partial charge < -0.3 is 11.1 Å². The number of primary amides is 1. The number of carbonyl (C=O) groups is 2. The molecular weight excluding hydrogens is 359 g/mol. The van der Waals surface area contributed by atoms with Crippen LogP contribution in [-0.2, 0) is 11.2 Å². The van der Waals surface area contributed by atoms with Crippen LogP contribution in [0.1, 0.15) is 35.2 Å². The molecule has 0 heterocycles. The first-order chi connectivity index (χ1) is 11.9. The number of nitrogens with one attached hydrogen (secondary N) is 1. The number of anilines is 1. The fourth-order valence-corrected chi connectivity index (χ4v) is 3.69. The maximum atomic E-state index is 12.9. The molecule has 0 bridgehead atoms. The predicted molar refractivity (Wildman–Crippen MR) is 100 cm³/mol. The molecule has 0 radical (unpaired) electrons. The molecule has 1 fully saturated rings. The van der Waals surface area contributed by atoms with E-state index in [-0.39, 0.29) is 21.5 Å². The van der Waals surface area contributed by atoms with Crippen LogP contribution in [0.2, 0.25) is 10.0 Å². The lowest BCUT2D eigenvalue weighted by molar-refractivity contribution is -0.130. The van der Waals surface area contributed by atoms with Crippen LogP contribution in [0.5, 0.6) is 0 Å². The molecule has 2 amide bonds. The molecule has 6 heteroatoms. The molecule has 1 saturated carbocycles. The summed E-state index contributed by atoms with van der Waals surface area (Å²) in [5, 5.41) is 3.30. The van der Waals surface area contributed by atoms with Gasteiger partial charge >= 0.3 is 0 Å². The van der Waals surface area contributed by atoms with E-state index in [9.17, 15) is 9.59 Å². The summed E-state index contributed by atoms with van der Waals surface area (Å²) in [4.78, 5) is 24.4. The van der Waals surface area contributed by atoms with Gasteiger partial charge in [-0.15, -0.1) is 0 Å². The molecule has 1 aliphatic rings. The third-order valence-corrected chi connectivity index (χ3v) is 5.37. The maximum absolute atomic E-state index is 12.9. The van der Waals surface area contributed by atoms with Crippen molar-refractivity contribution in [2.24, 2.45) is 11.1 Å². The zero-order valence-electron chi connectivity index (χ0n) is 13.5. The van der Waals surface area contributed by atoms with Gasteiger partial charge in [-0.3, -0.25) is 9.59 Å². The summed E-state index contributed by atoms with van der Waals surface area (Å²) in [7, 11) is 0. The first-order valence-corrected chi connectivity index (χ1v) is 8.81. The second kappa shape index (κ2) is 7.06. The number of rotatable bonds is 5. The Balaban J connectivity index is 1.83. The number of benzene rings is 2. The summed E-state index contributed by atoms with van der Waals surface area (Å²) < 4.78 is 0. The van der Waals surface area contributed by atoms with Crippen LogP contribution in [-0.4, -0.2) is 11.8 Å². The van der Waals surface area contributed by atoms with E-state index in [1.807, 2.05) is 30.3 Å². The molecule has 25 heavy (non-hydrogen) atoms. The minimum absolute atomic E-state index is 0.0951. The monoisotopic (exact) mass is 376 g/mol. The Morgan fingerprint density at radius 2 is 1.76 bits per heavy atom. The van der Waals surface area contributed by atoms with Gasteiger partial charge in [0.25, 0.3) is 0 Å². The molecular formula is C19H18Cl2N2O2. The zero-order chi connectivity index (χ0) is 18.0. The third-order valence-electron chi connectivity index (χ3n) is 4.75. The van der Waals surface area contributed by atoms with Gasteiger partial charge in [-0.25, -0.2) is 0 Å². The molecule has 2 aromatic rings. The summed E-state index contributed by atoms with van der Waals surface area (Å²) >= 11 is 12.1. The number of amides is 2. The van der Waals surface area contributed by atoms with Crippen LogP contribution in [0, 0.1) is 5.41 Å². The summed E-state index contributed by atoms with van der Waals surface area (Å²) in [6, 6.07) is 12.8. The molecule has 0 aromatic heterocycles. The molecule has 3 rings (SSSR count). The fraction of sp³-hybridized carbons (Fsp3) is 0.263. The van der Waals surface area contributed by atoms with Crippen molar-refractivity contribution >= 4 is 40.7 Å². The van der Waals surface area contributed by atoms with E-state index in [4.69, 9.17) is 28.9 Å². The lowest BCUT2D eigenvalue weighted by atomic mass is 9.64. The van der Waals surface area contributed by atoms with E-state index in [0.29, 0.717) is 12.1 Å². The van der Waals surface area contributed by atoms with Gasteiger partial charge in [0.15, 0.2) is 0 Å². The average Bonchev–Trinajstić information content (AvgIpc) is 2.54. The van der Waals surface area contributed by atoms with Gasteiger partial charge in [0.1, 0.15) is 0 Å². The topological polar surface area (TPSA) is 72.2 Å². The Bertz CT molecular complexity index is 818. The Hall–Kier alpha value is -2.04. The van der Waals surface area contributed by atoms with Crippen LogP contribution in [0.3, 0.4) is 0 Å². The second-order valence-corrected chi connectivity index (χ2v) is 7.24. The molecule has 0 aliphatic heterocycles. The lowest BCUT2D eigenvalue weighted by Gasteiger charge is -2.40. The van der Waals surface area contributed by atoms with Gasteiger partial charge in [-0.05, 0) is 37.0 Å². The van der Waals surface area contributed by atoms with E-state index in [1.165, 1.54) is 12.1 Å². The molecule has 4 nitrogen and oxygen atoms in total. The largest absolute Gasteiger partial charge is 0.366 e. The summed E-state index contributed by atoms with van der Waals surface area (Å²) in [6.07, 6.45) is 3.33. The average molecular weight is 377 g/mol. The van der Waals surface area contributed by atoms with Gasteiger partial charge in [0.05, 0.1) is 26.7 Å². The van der Waals surface area contributed by atoms with Crippen molar-refractivity contribution in [3.05, 3.63) is 63.6 Å². The molecule has 0 atom stereocenters. The highest BCUT2D eigenvalue weighted by Gasteiger charge is 2.44. The van der Waals surface area contributed by atoms with Crippen molar-refractivity contribution in [3.8, 4) is 0 Å². The molecule has 0 unspecified atom stereocenters.